The van der Waals surface area contributed by atoms with Crippen LogP contribution in [0.1, 0.15) is 66.0 Å². The van der Waals surface area contributed by atoms with Crippen LogP contribution in [-0.4, -0.2) is 12.1 Å². The lowest BCUT2D eigenvalue weighted by atomic mass is 9.91. The van der Waals surface area contributed by atoms with Crippen LogP contribution >= 0.6 is 0 Å². The van der Waals surface area contributed by atoms with E-state index in [1.807, 2.05) is 0 Å². The highest BCUT2D eigenvalue weighted by atomic mass is 16.5. The van der Waals surface area contributed by atoms with Crippen LogP contribution in [0.3, 0.4) is 0 Å². The summed E-state index contributed by atoms with van der Waals surface area (Å²) in [5, 5.41) is 3.83. The predicted molar refractivity (Wildman–Crippen MR) is 89.7 cm³/mol. The van der Waals surface area contributed by atoms with Crippen molar-refractivity contribution in [2.24, 2.45) is 11.3 Å². The quantitative estimate of drug-likeness (QED) is 0.828. The molecule has 0 heterocycles. The topological polar surface area (TPSA) is 21.3 Å². The highest BCUT2D eigenvalue weighted by Crippen LogP contribution is 2.42. The van der Waals surface area contributed by atoms with Gasteiger partial charge in [-0.3, -0.25) is 0 Å². The minimum Gasteiger partial charge on any atom is -0.491 e. The van der Waals surface area contributed by atoms with Crippen molar-refractivity contribution in [1.29, 1.82) is 0 Å². The summed E-state index contributed by atoms with van der Waals surface area (Å²) in [6.45, 7) is 13.5. The zero-order valence-electron chi connectivity index (χ0n) is 14.4. The van der Waals surface area contributed by atoms with Crippen LogP contribution in [0.5, 0.6) is 5.75 Å². The third kappa shape index (κ3) is 4.23. The van der Waals surface area contributed by atoms with Gasteiger partial charge in [0.25, 0.3) is 0 Å². The summed E-state index contributed by atoms with van der Waals surface area (Å²) >= 11 is 0. The van der Waals surface area contributed by atoms with Crippen LogP contribution in [0.2, 0.25) is 0 Å². The minimum atomic E-state index is 0.211. The van der Waals surface area contributed by atoms with Gasteiger partial charge in [0.2, 0.25) is 0 Å². The van der Waals surface area contributed by atoms with E-state index in [2.05, 4.69) is 71.1 Å². The third-order valence-electron chi connectivity index (χ3n) is 4.55. The lowest BCUT2D eigenvalue weighted by molar-refractivity contribution is 0.237. The minimum absolute atomic E-state index is 0.211. The second-order valence-electron chi connectivity index (χ2n) is 7.75. The molecule has 1 aromatic carbocycles. The molecule has 3 unspecified atom stereocenters. The molecule has 0 spiro atoms. The van der Waals surface area contributed by atoms with E-state index in [1.54, 1.807) is 0 Å². The fourth-order valence-electron chi connectivity index (χ4n) is 3.73. The van der Waals surface area contributed by atoms with Gasteiger partial charge in [-0.25, -0.2) is 0 Å². The van der Waals surface area contributed by atoms with Gasteiger partial charge in [0, 0.05) is 17.6 Å². The van der Waals surface area contributed by atoms with Gasteiger partial charge in [-0.15, -0.1) is 0 Å². The molecule has 2 heteroatoms. The van der Waals surface area contributed by atoms with E-state index in [9.17, 15) is 0 Å². The number of hydrogen-bond acceptors (Lipinski definition) is 2. The van der Waals surface area contributed by atoms with Gasteiger partial charge in [-0.1, -0.05) is 39.0 Å². The number of nitrogens with one attached hydrogen (secondary N) is 1. The van der Waals surface area contributed by atoms with Crippen molar-refractivity contribution in [3.8, 4) is 5.75 Å². The van der Waals surface area contributed by atoms with Gasteiger partial charge in [-0.2, -0.15) is 0 Å². The molecule has 2 nitrogen and oxygen atoms in total. The Bertz CT molecular complexity index is 466. The van der Waals surface area contributed by atoms with Crippen LogP contribution < -0.4 is 10.1 Å². The molecular formula is C19H31NO. The van der Waals surface area contributed by atoms with Gasteiger partial charge in [0.1, 0.15) is 5.75 Å². The number of rotatable bonds is 5. The Kier molecular flexibility index (Phi) is 4.98. The van der Waals surface area contributed by atoms with E-state index in [1.165, 1.54) is 18.4 Å². The Morgan fingerprint density at radius 3 is 2.38 bits per heavy atom. The van der Waals surface area contributed by atoms with Crippen LogP contribution in [0.15, 0.2) is 24.3 Å². The standard InChI is InChI=1S/C19H31NO/c1-13(2)21-18-10-8-7-9-16(18)15(4)20-17-12-19(5,6)11-14(17)3/h7-10,13-15,17,20H,11-12H2,1-6H3. The maximum atomic E-state index is 5.96. The van der Waals surface area contributed by atoms with E-state index >= 15 is 0 Å². The molecule has 118 valence electrons. The molecule has 1 N–H and O–H groups in total. The molecule has 1 aliphatic carbocycles. The molecular weight excluding hydrogens is 258 g/mol. The summed E-state index contributed by atoms with van der Waals surface area (Å²) in [6.07, 6.45) is 2.77. The van der Waals surface area contributed by atoms with Crippen molar-refractivity contribution in [1.82, 2.24) is 5.32 Å². The van der Waals surface area contributed by atoms with Gasteiger partial charge in [0.15, 0.2) is 0 Å². The maximum absolute atomic E-state index is 5.96. The molecule has 0 saturated heterocycles. The molecule has 1 aromatic rings. The van der Waals surface area contributed by atoms with E-state index in [-0.39, 0.29) is 6.10 Å². The van der Waals surface area contributed by atoms with Crippen molar-refractivity contribution >= 4 is 0 Å². The summed E-state index contributed by atoms with van der Waals surface area (Å²) in [7, 11) is 0. The van der Waals surface area contributed by atoms with Crippen molar-refractivity contribution < 1.29 is 4.74 Å². The zero-order valence-corrected chi connectivity index (χ0v) is 14.4. The Hall–Kier alpha value is -1.02. The lowest BCUT2D eigenvalue weighted by Crippen LogP contribution is -2.34. The number of para-hydroxylation sites is 1. The van der Waals surface area contributed by atoms with Gasteiger partial charge < -0.3 is 10.1 Å². The number of ether oxygens (including phenoxy) is 1. The smallest absolute Gasteiger partial charge is 0.124 e. The molecule has 21 heavy (non-hydrogen) atoms. The first-order valence-corrected chi connectivity index (χ1v) is 8.30. The predicted octanol–water partition coefficient (Wildman–Crippen LogP) is 4.95. The van der Waals surface area contributed by atoms with Gasteiger partial charge in [-0.05, 0) is 51.0 Å². The number of benzene rings is 1. The molecule has 1 saturated carbocycles. The molecule has 2 rings (SSSR count). The first-order chi connectivity index (χ1) is 9.78. The fourth-order valence-corrected chi connectivity index (χ4v) is 3.73. The second kappa shape index (κ2) is 6.39. The molecule has 3 atom stereocenters. The lowest BCUT2D eigenvalue weighted by Gasteiger charge is -2.25. The van der Waals surface area contributed by atoms with E-state index in [0.717, 1.165) is 11.7 Å². The summed E-state index contributed by atoms with van der Waals surface area (Å²) in [5.74, 6) is 1.75. The molecule has 1 aliphatic rings. The maximum Gasteiger partial charge on any atom is 0.124 e. The third-order valence-corrected chi connectivity index (χ3v) is 4.55. The SMILES string of the molecule is CC(C)Oc1ccccc1C(C)NC1CC(C)(C)CC1C. The van der Waals surface area contributed by atoms with Gasteiger partial charge >= 0.3 is 0 Å². The molecule has 0 radical (unpaired) electrons. The highest BCUT2D eigenvalue weighted by molar-refractivity contribution is 5.35. The van der Waals surface area contributed by atoms with Crippen molar-refractivity contribution in [3.63, 3.8) is 0 Å². The van der Waals surface area contributed by atoms with Crippen LogP contribution in [-0.2, 0) is 0 Å². The Morgan fingerprint density at radius 2 is 1.81 bits per heavy atom. The molecule has 1 fully saturated rings. The Labute approximate surface area is 130 Å². The molecule has 0 amide bonds. The van der Waals surface area contributed by atoms with Crippen molar-refractivity contribution in [3.05, 3.63) is 29.8 Å². The second-order valence-corrected chi connectivity index (χ2v) is 7.75. The summed E-state index contributed by atoms with van der Waals surface area (Å²) in [5.41, 5.74) is 1.73. The fraction of sp³-hybridized carbons (Fsp3) is 0.684. The summed E-state index contributed by atoms with van der Waals surface area (Å²) < 4.78 is 5.96. The zero-order chi connectivity index (χ0) is 15.6. The van der Waals surface area contributed by atoms with Crippen LogP contribution in [0.25, 0.3) is 0 Å². The van der Waals surface area contributed by atoms with E-state index < -0.39 is 0 Å². The average Bonchev–Trinajstić information content (AvgIpc) is 2.62. The van der Waals surface area contributed by atoms with Crippen LogP contribution in [0.4, 0.5) is 0 Å². The van der Waals surface area contributed by atoms with Crippen molar-refractivity contribution in [2.45, 2.75) is 72.6 Å². The molecule has 0 aromatic heterocycles. The first-order valence-electron chi connectivity index (χ1n) is 8.30. The number of hydrogen-bond donors (Lipinski definition) is 1. The van der Waals surface area contributed by atoms with Crippen molar-refractivity contribution in [2.75, 3.05) is 0 Å². The molecule has 0 bridgehead atoms. The highest BCUT2D eigenvalue weighted by Gasteiger charge is 2.37. The van der Waals surface area contributed by atoms with Gasteiger partial charge in [0.05, 0.1) is 6.10 Å². The Morgan fingerprint density at radius 1 is 1.14 bits per heavy atom. The summed E-state index contributed by atoms with van der Waals surface area (Å²) in [6, 6.07) is 9.33. The largest absolute Gasteiger partial charge is 0.491 e. The first kappa shape index (κ1) is 16.4. The van der Waals surface area contributed by atoms with E-state index in [4.69, 9.17) is 4.74 Å². The summed E-state index contributed by atoms with van der Waals surface area (Å²) in [4.78, 5) is 0. The Balaban J connectivity index is 2.09. The van der Waals surface area contributed by atoms with Crippen LogP contribution in [0, 0.1) is 11.3 Å². The monoisotopic (exact) mass is 289 g/mol. The normalized spacial score (nSPS) is 26.0. The molecule has 0 aliphatic heterocycles. The average molecular weight is 289 g/mol. The van der Waals surface area contributed by atoms with E-state index in [0.29, 0.717) is 17.5 Å².